The first-order valence-electron chi connectivity index (χ1n) is 9.37. The highest BCUT2D eigenvalue weighted by atomic mass is 32.2. The summed E-state index contributed by atoms with van der Waals surface area (Å²) in [5, 5.41) is 17.5. The number of halogens is 3. The van der Waals surface area contributed by atoms with E-state index in [0.717, 1.165) is 42.9 Å². The number of alkyl halides is 3. The number of nitrogens with zero attached hydrogens (tertiary/aromatic N) is 3. The third kappa shape index (κ3) is 5.53. The Morgan fingerprint density at radius 2 is 1.88 bits per heavy atom. The summed E-state index contributed by atoms with van der Waals surface area (Å²) in [7, 11) is -4.12. The first-order chi connectivity index (χ1) is 15.0. The van der Waals surface area contributed by atoms with Gasteiger partial charge in [0.05, 0.1) is 28.0 Å². The van der Waals surface area contributed by atoms with Crippen LogP contribution in [0.4, 0.5) is 18.9 Å². The number of benzene rings is 1. The van der Waals surface area contributed by atoms with E-state index in [1.54, 1.807) is 0 Å². The van der Waals surface area contributed by atoms with Gasteiger partial charge in [-0.3, -0.25) is 0 Å². The lowest BCUT2D eigenvalue weighted by Gasteiger charge is -2.10. The summed E-state index contributed by atoms with van der Waals surface area (Å²) in [5.74, 6) is -0.417. The van der Waals surface area contributed by atoms with Crippen molar-refractivity contribution in [2.75, 3.05) is 5.73 Å². The number of pyridine rings is 1. The van der Waals surface area contributed by atoms with Gasteiger partial charge in [0.2, 0.25) is 15.7 Å². The minimum absolute atomic E-state index is 0.0428. The maximum absolute atomic E-state index is 12.8. The van der Waals surface area contributed by atoms with Crippen LogP contribution in [0.1, 0.15) is 25.7 Å². The van der Waals surface area contributed by atoms with Gasteiger partial charge in [-0.1, -0.05) is 13.3 Å². The lowest BCUT2D eigenvalue weighted by molar-refractivity contribution is -0.274. The van der Waals surface area contributed by atoms with E-state index in [-0.39, 0.29) is 39.4 Å². The molecule has 3 aromatic rings. The molecule has 3 rings (SSSR count). The highest BCUT2D eigenvalue weighted by Crippen LogP contribution is 2.29. The van der Waals surface area contributed by atoms with Crippen molar-refractivity contribution in [3.8, 4) is 17.3 Å². The Morgan fingerprint density at radius 1 is 1.19 bits per heavy atom. The number of aromatic nitrogens is 3. The zero-order valence-corrected chi connectivity index (χ0v) is 17.5. The second-order valence-corrected chi connectivity index (χ2v) is 8.73. The molecule has 172 valence electrons. The summed E-state index contributed by atoms with van der Waals surface area (Å²) in [4.78, 5) is 3.45. The molecule has 0 aliphatic carbocycles. The number of hydrogen-bond donors (Lipinski definition) is 2. The predicted octanol–water partition coefficient (Wildman–Crippen LogP) is 3.15. The van der Waals surface area contributed by atoms with Gasteiger partial charge >= 0.3 is 6.36 Å². The number of hydrogen-bond acceptors (Lipinski definition) is 9. The fraction of sp³-hybridized carbons (Fsp3) is 0.316. The van der Waals surface area contributed by atoms with E-state index in [1.165, 1.54) is 0 Å². The Labute approximate surface area is 181 Å². The molecule has 2 aromatic heterocycles. The highest BCUT2D eigenvalue weighted by Gasteiger charge is 2.31. The number of ether oxygens (including phenoxy) is 1. The van der Waals surface area contributed by atoms with Crippen LogP contribution in [0.2, 0.25) is 0 Å². The topological polar surface area (TPSA) is 141 Å². The van der Waals surface area contributed by atoms with Crippen molar-refractivity contribution in [3.05, 3.63) is 42.4 Å². The molecule has 1 atom stereocenters. The maximum atomic E-state index is 12.8. The highest BCUT2D eigenvalue weighted by molar-refractivity contribution is 7.91. The standard InChI is InChI=1S/C19H19F3N4O5S/c1-2-3-11(27)8-16-25-26-18(30-16)17-15(23)9-14(10-24-17)32(28,29)13-6-4-12(5-7-13)31-19(20,21)22/h4-7,9-11,27H,2-3,8,23H2,1H3/t11-/m1/s1. The summed E-state index contributed by atoms with van der Waals surface area (Å²) in [6.07, 6.45) is -3.01. The number of anilines is 1. The number of aliphatic hydroxyl groups is 1. The normalized spacial score (nSPS) is 13.2. The Morgan fingerprint density at radius 3 is 2.47 bits per heavy atom. The van der Waals surface area contributed by atoms with Crippen molar-refractivity contribution in [1.29, 1.82) is 0 Å². The van der Waals surface area contributed by atoms with Gasteiger partial charge in [-0.05, 0) is 36.8 Å². The molecule has 32 heavy (non-hydrogen) atoms. The molecule has 0 radical (unpaired) electrons. The van der Waals surface area contributed by atoms with Crippen LogP contribution in [-0.2, 0) is 16.3 Å². The first kappa shape index (κ1) is 23.5. The quantitative estimate of drug-likeness (QED) is 0.505. The molecule has 9 nitrogen and oxygen atoms in total. The van der Waals surface area contributed by atoms with Gasteiger partial charge in [0.25, 0.3) is 5.89 Å². The van der Waals surface area contributed by atoms with Crippen molar-refractivity contribution in [1.82, 2.24) is 15.2 Å². The van der Waals surface area contributed by atoms with Gasteiger partial charge in [0, 0.05) is 6.20 Å². The summed E-state index contributed by atoms with van der Waals surface area (Å²) >= 11 is 0. The van der Waals surface area contributed by atoms with Crippen LogP contribution < -0.4 is 10.5 Å². The molecule has 0 spiro atoms. The molecular weight excluding hydrogens is 453 g/mol. The van der Waals surface area contributed by atoms with E-state index < -0.39 is 28.1 Å². The van der Waals surface area contributed by atoms with Crippen molar-refractivity contribution < 1.29 is 35.8 Å². The maximum Gasteiger partial charge on any atom is 0.573 e. The van der Waals surface area contributed by atoms with Gasteiger partial charge < -0.3 is 20.0 Å². The lowest BCUT2D eigenvalue weighted by Crippen LogP contribution is -2.17. The molecule has 0 fully saturated rings. The summed E-state index contributed by atoms with van der Waals surface area (Å²) < 4.78 is 71.5. The third-order valence-corrected chi connectivity index (χ3v) is 6.01. The SMILES string of the molecule is CCC[C@@H](O)Cc1nnc(-c2ncc(S(=O)(=O)c3ccc(OC(F)(F)F)cc3)cc2N)o1. The van der Waals surface area contributed by atoms with Crippen molar-refractivity contribution >= 4 is 15.5 Å². The Kier molecular flexibility index (Phi) is 6.69. The average Bonchev–Trinajstić information content (AvgIpc) is 3.15. The van der Waals surface area contributed by atoms with Crippen molar-refractivity contribution in [2.45, 2.75) is 48.4 Å². The second-order valence-electron chi connectivity index (χ2n) is 6.78. The first-order valence-corrected chi connectivity index (χ1v) is 10.8. The third-order valence-electron chi connectivity index (χ3n) is 4.27. The van der Waals surface area contributed by atoms with Crippen LogP contribution in [0.5, 0.6) is 5.75 Å². The molecule has 0 saturated heterocycles. The van der Waals surface area contributed by atoms with E-state index in [2.05, 4.69) is 19.9 Å². The molecule has 1 aromatic carbocycles. The van der Waals surface area contributed by atoms with E-state index >= 15 is 0 Å². The summed E-state index contributed by atoms with van der Waals surface area (Å²) in [6.45, 7) is 1.92. The number of nitrogen functional groups attached to an aromatic ring is 1. The van der Waals surface area contributed by atoms with Crippen molar-refractivity contribution in [3.63, 3.8) is 0 Å². The van der Waals surface area contributed by atoms with Gasteiger partial charge in [-0.15, -0.1) is 23.4 Å². The Hall–Kier alpha value is -3.19. The van der Waals surface area contributed by atoms with E-state index in [1.807, 2.05) is 6.92 Å². The van der Waals surface area contributed by atoms with E-state index in [4.69, 9.17) is 10.2 Å². The van der Waals surface area contributed by atoms with Crippen molar-refractivity contribution in [2.24, 2.45) is 0 Å². The predicted molar refractivity (Wildman–Crippen MR) is 105 cm³/mol. The smallest absolute Gasteiger partial charge is 0.419 e. The molecule has 0 aliphatic heterocycles. The second kappa shape index (κ2) is 9.12. The van der Waals surface area contributed by atoms with Crippen LogP contribution in [0.3, 0.4) is 0 Å². The molecule has 2 heterocycles. The van der Waals surface area contributed by atoms with Gasteiger partial charge in [-0.2, -0.15) is 0 Å². The molecule has 13 heteroatoms. The minimum Gasteiger partial charge on any atom is -0.419 e. The Balaban J connectivity index is 1.82. The number of aliphatic hydroxyl groups excluding tert-OH is 1. The summed E-state index contributed by atoms with van der Waals surface area (Å²) in [6, 6.07) is 4.86. The zero-order chi connectivity index (χ0) is 23.5. The lowest BCUT2D eigenvalue weighted by atomic mass is 10.1. The van der Waals surface area contributed by atoms with Crippen LogP contribution in [-0.4, -0.2) is 41.2 Å². The molecule has 0 aliphatic rings. The van der Waals surface area contributed by atoms with Crippen LogP contribution >= 0.6 is 0 Å². The van der Waals surface area contributed by atoms with E-state index in [0.29, 0.717) is 6.42 Å². The fourth-order valence-corrected chi connectivity index (χ4v) is 4.05. The van der Waals surface area contributed by atoms with Gasteiger partial charge in [0.15, 0.2) is 5.69 Å². The zero-order valence-electron chi connectivity index (χ0n) is 16.7. The number of sulfone groups is 1. The largest absolute Gasteiger partial charge is 0.573 e. The van der Waals surface area contributed by atoms with Crippen LogP contribution in [0.25, 0.3) is 11.6 Å². The Bertz CT molecular complexity index is 1180. The molecule has 0 unspecified atom stereocenters. The van der Waals surface area contributed by atoms with Crippen LogP contribution in [0, 0.1) is 0 Å². The minimum atomic E-state index is -4.89. The number of nitrogens with two attached hydrogens (primary N) is 1. The van der Waals surface area contributed by atoms with Gasteiger partial charge in [0.1, 0.15) is 5.75 Å². The average molecular weight is 472 g/mol. The molecule has 3 N–H and O–H groups in total. The van der Waals surface area contributed by atoms with E-state index in [9.17, 15) is 26.7 Å². The monoisotopic (exact) mass is 472 g/mol. The van der Waals surface area contributed by atoms with Crippen LogP contribution in [0.15, 0.2) is 50.7 Å². The molecule has 0 saturated carbocycles. The summed E-state index contributed by atoms with van der Waals surface area (Å²) in [5.41, 5.74) is 5.93. The van der Waals surface area contributed by atoms with Gasteiger partial charge in [-0.25, -0.2) is 13.4 Å². The molecule has 0 amide bonds. The fourth-order valence-electron chi connectivity index (χ4n) is 2.81. The number of rotatable bonds is 8. The molecular formula is C19H19F3N4O5S. The molecule has 0 bridgehead atoms.